The number of ether oxygens (including phenoxy) is 1. The van der Waals surface area contributed by atoms with Crippen molar-refractivity contribution >= 4 is 10.8 Å². The predicted octanol–water partition coefficient (Wildman–Crippen LogP) is 3.86. The number of benzene rings is 2. The van der Waals surface area contributed by atoms with E-state index >= 15 is 0 Å². The molecule has 2 heteroatoms. The van der Waals surface area contributed by atoms with E-state index in [2.05, 4.69) is 30.3 Å². The molecule has 2 aromatic carbocycles. The second-order valence-corrected chi connectivity index (χ2v) is 5.45. The van der Waals surface area contributed by atoms with Gasteiger partial charge in [0.1, 0.15) is 0 Å². The van der Waals surface area contributed by atoms with E-state index in [1.54, 1.807) is 0 Å². The first kappa shape index (κ1) is 14.0. The van der Waals surface area contributed by atoms with E-state index in [0.29, 0.717) is 13.0 Å². The van der Waals surface area contributed by atoms with Gasteiger partial charge in [0, 0.05) is 0 Å². The van der Waals surface area contributed by atoms with E-state index in [0.717, 1.165) is 5.56 Å². The van der Waals surface area contributed by atoms with Crippen LogP contribution in [0.3, 0.4) is 0 Å². The van der Waals surface area contributed by atoms with Gasteiger partial charge in [0.05, 0.1) is 18.3 Å². The lowest BCUT2D eigenvalue weighted by Gasteiger charge is -2.27. The minimum atomic E-state index is -0.389. The summed E-state index contributed by atoms with van der Waals surface area (Å²) in [4.78, 5) is 0. The molecule has 2 rings (SSSR count). The van der Waals surface area contributed by atoms with E-state index < -0.39 is 0 Å². The molecule has 0 heterocycles. The molecule has 2 nitrogen and oxygen atoms in total. The Morgan fingerprint density at radius 3 is 2.47 bits per heavy atom. The highest BCUT2D eigenvalue weighted by Crippen LogP contribution is 2.28. The highest BCUT2D eigenvalue weighted by atomic mass is 16.5. The number of fused-ring (bicyclic) bond motifs is 1. The van der Waals surface area contributed by atoms with Gasteiger partial charge < -0.3 is 9.84 Å². The van der Waals surface area contributed by atoms with Crippen LogP contribution < -0.4 is 0 Å². The maximum absolute atomic E-state index is 9.61. The molecule has 0 saturated carbocycles. The highest BCUT2D eigenvalue weighted by Gasteiger charge is 2.22. The van der Waals surface area contributed by atoms with Crippen LogP contribution in [-0.2, 0) is 10.3 Å². The van der Waals surface area contributed by atoms with Crippen molar-refractivity contribution in [3.8, 4) is 0 Å². The molecule has 102 valence electrons. The van der Waals surface area contributed by atoms with Gasteiger partial charge in [-0.25, -0.2) is 0 Å². The van der Waals surface area contributed by atoms with Crippen molar-refractivity contribution in [2.75, 3.05) is 6.61 Å². The lowest BCUT2D eigenvalue weighted by atomic mass is 9.95. The van der Waals surface area contributed by atoms with Crippen LogP contribution in [0.4, 0.5) is 0 Å². The summed E-state index contributed by atoms with van der Waals surface area (Å²) in [6.45, 7) is 6.41. The average molecular weight is 258 g/mol. The summed E-state index contributed by atoms with van der Waals surface area (Å²) in [5.41, 5.74) is 0.745. The molecule has 0 aliphatic carbocycles. The van der Waals surface area contributed by atoms with Crippen molar-refractivity contribution in [2.24, 2.45) is 0 Å². The minimum absolute atomic E-state index is 0.371. The summed E-state index contributed by atoms with van der Waals surface area (Å²) in [6.07, 6.45) is 0.327. The summed E-state index contributed by atoms with van der Waals surface area (Å²) in [6, 6.07) is 14.7. The lowest BCUT2D eigenvalue weighted by molar-refractivity contribution is -0.0635. The Hall–Kier alpha value is -1.38. The first-order chi connectivity index (χ1) is 9.03. The molecule has 0 fully saturated rings. The summed E-state index contributed by atoms with van der Waals surface area (Å²) >= 11 is 0. The third-order valence-electron chi connectivity index (χ3n) is 3.55. The third-order valence-corrected chi connectivity index (χ3v) is 3.55. The van der Waals surface area contributed by atoms with Crippen LogP contribution in [0, 0.1) is 0 Å². The molecule has 2 aromatic rings. The van der Waals surface area contributed by atoms with Gasteiger partial charge in [-0.15, -0.1) is 0 Å². The molecule has 0 amide bonds. The van der Waals surface area contributed by atoms with Gasteiger partial charge >= 0.3 is 0 Å². The molecule has 19 heavy (non-hydrogen) atoms. The fourth-order valence-electron chi connectivity index (χ4n) is 2.07. The van der Waals surface area contributed by atoms with Crippen molar-refractivity contribution in [3.05, 3.63) is 48.0 Å². The zero-order chi connectivity index (χ0) is 13.9. The van der Waals surface area contributed by atoms with Crippen LogP contribution in [0.1, 0.15) is 32.8 Å². The summed E-state index contributed by atoms with van der Waals surface area (Å²) in [5.74, 6) is 0. The first-order valence-electron chi connectivity index (χ1n) is 6.84. The van der Waals surface area contributed by atoms with Gasteiger partial charge in [0.2, 0.25) is 0 Å². The maximum Gasteiger partial charge on any atom is 0.0876 e. The molecule has 1 atom stereocenters. The Morgan fingerprint density at radius 1 is 1.11 bits per heavy atom. The molecule has 0 aliphatic heterocycles. The molecule has 0 bridgehead atoms. The molecule has 0 radical (unpaired) electrons. The quantitative estimate of drug-likeness (QED) is 0.882. The molecular weight excluding hydrogens is 236 g/mol. The zero-order valence-corrected chi connectivity index (χ0v) is 11.9. The number of rotatable bonds is 5. The van der Waals surface area contributed by atoms with Gasteiger partial charge in [-0.3, -0.25) is 0 Å². The second-order valence-electron chi connectivity index (χ2n) is 5.45. The van der Waals surface area contributed by atoms with Crippen molar-refractivity contribution < 1.29 is 9.84 Å². The van der Waals surface area contributed by atoms with Crippen LogP contribution in [-0.4, -0.2) is 17.8 Å². The fraction of sp³-hybridized carbons (Fsp3) is 0.412. The van der Waals surface area contributed by atoms with Crippen LogP contribution in [0.25, 0.3) is 10.8 Å². The zero-order valence-electron chi connectivity index (χ0n) is 11.9. The van der Waals surface area contributed by atoms with E-state index in [-0.39, 0.29) is 11.7 Å². The van der Waals surface area contributed by atoms with Crippen LogP contribution in [0.5, 0.6) is 0 Å². The molecule has 0 aromatic heterocycles. The van der Waals surface area contributed by atoms with E-state index in [4.69, 9.17) is 4.74 Å². The van der Waals surface area contributed by atoms with Crippen molar-refractivity contribution in [3.63, 3.8) is 0 Å². The Labute approximate surface area is 115 Å². The van der Waals surface area contributed by atoms with Crippen LogP contribution >= 0.6 is 0 Å². The van der Waals surface area contributed by atoms with Crippen LogP contribution in [0.2, 0.25) is 0 Å². The van der Waals surface area contributed by atoms with Gasteiger partial charge in [-0.1, -0.05) is 43.3 Å². The topological polar surface area (TPSA) is 29.5 Å². The molecule has 1 unspecified atom stereocenters. The molecule has 0 spiro atoms. The van der Waals surface area contributed by atoms with Crippen molar-refractivity contribution in [2.45, 2.75) is 38.9 Å². The minimum Gasteiger partial charge on any atom is -0.391 e. The first-order valence-corrected chi connectivity index (χ1v) is 6.84. The third kappa shape index (κ3) is 3.34. The smallest absolute Gasteiger partial charge is 0.0876 e. The highest BCUT2D eigenvalue weighted by molar-refractivity contribution is 5.83. The summed E-state index contributed by atoms with van der Waals surface area (Å²) < 4.78 is 5.87. The van der Waals surface area contributed by atoms with Crippen molar-refractivity contribution in [1.29, 1.82) is 0 Å². The van der Waals surface area contributed by atoms with Gasteiger partial charge in [0.15, 0.2) is 0 Å². The molecule has 0 saturated heterocycles. The van der Waals surface area contributed by atoms with Gasteiger partial charge in [-0.05, 0) is 42.7 Å². The molecule has 0 aliphatic rings. The predicted molar refractivity (Wildman–Crippen MR) is 79.2 cm³/mol. The second kappa shape index (κ2) is 5.72. The fourth-order valence-corrected chi connectivity index (χ4v) is 2.07. The number of hydrogen-bond acceptors (Lipinski definition) is 2. The summed E-state index contributed by atoms with van der Waals surface area (Å²) in [7, 11) is 0. The van der Waals surface area contributed by atoms with E-state index in [1.807, 2.05) is 32.9 Å². The van der Waals surface area contributed by atoms with Gasteiger partial charge in [-0.2, -0.15) is 0 Å². The van der Waals surface area contributed by atoms with Gasteiger partial charge in [0.25, 0.3) is 0 Å². The number of aliphatic hydroxyl groups excluding tert-OH is 1. The Morgan fingerprint density at radius 2 is 1.79 bits per heavy atom. The standard InChI is InChI=1S/C17H22O2/c1-4-16(18)12-19-17(2,3)15-10-9-13-7-5-6-8-14(13)11-15/h5-11,16,18H,4,12H2,1-3H3. The average Bonchev–Trinajstić information content (AvgIpc) is 2.44. The van der Waals surface area contributed by atoms with E-state index in [1.165, 1.54) is 10.8 Å². The van der Waals surface area contributed by atoms with E-state index in [9.17, 15) is 5.11 Å². The number of hydrogen-bond donors (Lipinski definition) is 1. The monoisotopic (exact) mass is 258 g/mol. The normalized spacial score (nSPS) is 13.7. The SMILES string of the molecule is CCC(O)COC(C)(C)c1ccc2ccccc2c1. The summed E-state index contributed by atoms with van der Waals surface area (Å²) in [5, 5.41) is 12.1. The van der Waals surface area contributed by atoms with Crippen molar-refractivity contribution in [1.82, 2.24) is 0 Å². The Balaban J connectivity index is 2.22. The Bertz CT molecular complexity index is 546. The van der Waals surface area contributed by atoms with Crippen LogP contribution in [0.15, 0.2) is 42.5 Å². The maximum atomic E-state index is 9.61. The largest absolute Gasteiger partial charge is 0.391 e. The number of aliphatic hydroxyl groups is 1. The molecule has 1 N–H and O–H groups in total. The Kier molecular flexibility index (Phi) is 4.23. The molecular formula is C17H22O2. The lowest BCUT2D eigenvalue weighted by Crippen LogP contribution is -2.27.